The second-order valence-corrected chi connectivity index (χ2v) is 10.8. The summed E-state index contributed by atoms with van der Waals surface area (Å²) in [4.78, 5) is 41.6. The van der Waals surface area contributed by atoms with Crippen LogP contribution in [0.5, 0.6) is 0 Å². The highest BCUT2D eigenvalue weighted by atomic mass is 16.2. The number of para-hydroxylation sites is 1. The van der Waals surface area contributed by atoms with Crippen molar-refractivity contribution in [1.82, 2.24) is 10.6 Å². The van der Waals surface area contributed by atoms with Gasteiger partial charge in [0.25, 0.3) is 5.91 Å². The number of nitrogens with one attached hydrogen (secondary N) is 2. The molecule has 4 aromatic carbocycles. The molecule has 0 spiro atoms. The lowest BCUT2D eigenvalue weighted by Gasteiger charge is -2.27. The summed E-state index contributed by atoms with van der Waals surface area (Å²) in [5.41, 5.74) is 9.93. The molecule has 0 aliphatic carbocycles. The number of carbonyl (C=O) groups is 3. The maximum Gasteiger partial charge on any atom is 0.258 e. The summed E-state index contributed by atoms with van der Waals surface area (Å²) in [6.45, 7) is 1.42. The van der Waals surface area contributed by atoms with E-state index in [-0.39, 0.29) is 24.1 Å². The predicted octanol–water partition coefficient (Wildman–Crippen LogP) is 5.33. The molecule has 0 fully saturated rings. The van der Waals surface area contributed by atoms with Gasteiger partial charge < -0.3 is 21.3 Å². The van der Waals surface area contributed by atoms with Crippen LogP contribution in [0.1, 0.15) is 52.7 Å². The van der Waals surface area contributed by atoms with E-state index < -0.39 is 6.04 Å². The van der Waals surface area contributed by atoms with Crippen molar-refractivity contribution in [2.45, 2.75) is 38.1 Å². The smallest absolute Gasteiger partial charge is 0.258 e. The maximum atomic E-state index is 13.6. The van der Waals surface area contributed by atoms with E-state index in [0.717, 1.165) is 33.2 Å². The zero-order valence-electron chi connectivity index (χ0n) is 24.3. The standard InChI is InChI=1S/C36H38N4O3/c37-21-9-22-38-35(42)32(25-26-17-18-27-10-1-2-13-30(27)24-26)39-34(41)16-7-8-23-40-33-15-6-4-12-29(33)20-19-28-11-3-5-14-31(28)36(40)43/h1-6,10-15,17-20,24,32H,7-9,16,21-23,25,37H2,(H,38,42)(H,39,41)/t32-/m1/s1. The van der Waals surface area contributed by atoms with E-state index in [2.05, 4.69) is 16.7 Å². The molecule has 0 bridgehead atoms. The first-order valence-electron chi connectivity index (χ1n) is 15.0. The van der Waals surface area contributed by atoms with Crippen LogP contribution >= 0.6 is 0 Å². The van der Waals surface area contributed by atoms with Crippen LogP contribution in [0.25, 0.3) is 22.9 Å². The lowest BCUT2D eigenvalue weighted by atomic mass is 10.00. The SMILES string of the molecule is NCCCNC(=O)[C@@H](Cc1ccc2ccccc2c1)NC(=O)CCCCN1C(=O)c2ccccc2C=Cc2ccccc21. The zero-order chi connectivity index (χ0) is 30.0. The van der Waals surface area contributed by atoms with Crippen LogP contribution in [0, 0.1) is 0 Å². The van der Waals surface area contributed by atoms with Gasteiger partial charge >= 0.3 is 0 Å². The summed E-state index contributed by atoms with van der Waals surface area (Å²) in [7, 11) is 0. The summed E-state index contributed by atoms with van der Waals surface area (Å²) in [6, 6.07) is 28.9. The quantitative estimate of drug-likeness (QED) is 0.199. The van der Waals surface area contributed by atoms with E-state index >= 15 is 0 Å². The molecule has 7 heteroatoms. The highest BCUT2D eigenvalue weighted by Crippen LogP contribution is 2.29. The number of benzene rings is 4. The summed E-state index contributed by atoms with van der Waals surface area (Å²) in [5, 5.41) is 8.08. The minimum atomic E-state index is -0.697. The van der Waals surface area contributed by atoms with Crippen molar-refractivity contribution in [3.8, 4) is 0 Å². The lowest BCUT2D eigenvalue weighted by Crippen LogP contribution is -2.48. The van der Waals surface area contributed by atoms with Crippen LogP contribution in [0.2, 0.25) is 0 Å². The molecular weight excluding hydrogens is 536 g/mol. The van der Waals surface area contributed by atoms with Gasteiger partial charge in [0, 0.05) is 31.5 Å². The first-order valence-corrected chi connectivity index (χ1v) is 15.0. The number of amides is 3. The van der Waals surface area contributed by atoms with Crippen molar-refractivity contribution in [3.05, 3.63) is 113 Å². The van der Waals surface area contributed by atoms with E-state index in [1.807, 2.05) is 102 Å². The normalized spacial score (nSPS) is 13.0. The Morgan fingerprint density at radius 2 is 1.51 bits per heavy atom. The highest BCUT2D eigenvalue weighted by molar-refractivity contribution is 6.11. The third-order valence-electron chi connectivity index (χ3n) is 7.73. The summed E-state index contributed by atoms with van der Waals surface area (Å²) < 4.78 is 0. The van der Waals surface area contributed by atoms with Crippen molar-refractivity contribution in [2.24, 2.45) is 5.73 Å². The number of anilines is 1. The molecular formula is C36H38N4O3. The molecule has 1 heterocycles. The fourth-order valence-corrected chi connectivity index (χ4v) is 5.44. The molecule has 3 amide bonds. The van der Waals surface area contributed by atoms with E-state index in [4.69, 9.17) is 5.73 Å². The molecule has 0 saturated heterocycles. The predicted molar refractivity (Wildman–Crippen MR) is 174 cm³/mol. The van der Waals surface area contributed by atoms with Crippen molar-refractivity contribution in [2.75, 3.05) is 24.5 Å². The average molecular weight is 575 g/mol. The Hall–Kier alpha value is -4.75. The maximum absolute atomic E-state index is 13.6. The number of nitrogens with two attached hydrogens (primary N) is 1. The Morgan fingerprint density at radius 1 is 0.791 bits per heavy atom. The molecule has 0 unspecified atom stereocenters. The first-order chi connectivity index (χ1) is 21.0. The topological polar surface area (TPSA) is 105 Å². The summed E-state index contributed by atoms with van der Waals surface area (Å²) in [6.07, 6.45) is 6.54. The molecule has 0 saturated carbocycles. The number of rotatable bonds is 12. The molecule has 220 valence electrons. The number of fused-ring (bicyclic) bond motifs is 3. The lowest BCUT2D eigenvalue weighted by molar-refractivity contribution is -0.129. The van der Waals surface area contributed by atoms with Crippen LogP contribution < -0.4 is 21.3 Å². The van der Waals surface area contributed by atoms with Crippen LogP contribution in [0.4, 0.5) is 5.69 Å². The average Bonchev–Trinajstić information content (AvgIpc) is 3.03. The van der Waals surface area contributed by atoms with Gasteiger partial charge in [0.2, 0.25) is 11.8 Å². The minimum Gasteiger partial charge on any atom is -0.354 e. The Labute approximate surface area is 252 Å². The van der Waals surface area contributed by atoms with Gasteiger partial charge in [0.1, 0.15) is 6.04 Å². The Kier molecular flexibility index (Phi) is 9.97. The van der Waals surface area contributed by atoms with Crippen LogP contribution in [0.3, 0.4) is 0 Å². The molecule has 5 rings (SSSR count). The Bertz CT molecular complexity index is 1630. The van der Waals surface area contributed by atoms with Crippen LogP contribution in [-0.4, -0.2) is 43.4 Å². The number of hydrogen-bond donors (Lipinski definition) is 3. The van der Waals surface area contributed by atoms with Crippen molar-refractivity contribution >= 4 is 46.3 Å². The van der Waals surface area contributed by atoms with Gasteiger partial charge in [-0.1, -0.05) is 91.0 Å². The molecule has 43 heavy (non-hydrogen) atoms. The highest BCUT2D eigenvalue weighted by Gasteiger charge is 2.24. The van der Waals surface area contributed by atoms with E-state index in [1.165, 1.54) is 0 Å². The largest absolute Gasteiger partial charge is 0.354 e. The molecule has 0 radical (unpaired) electrons. The van der Waals surface area contributed by atoms with Gasteiger partial charge in [-0.25, -0.2) is 0 Å². The van der Waals surface area contributed by atoms with Gasteiger partial charge in [-0.15, -0.1) is 0 Å². The van der Waals surface area contributed by atoms with Gasteiger partial charge in [-0.2, -0.15) is 0 Å². The number of unbranched alkanes of at least 4 members (excludes halogenated alkanes) is 1. The van der Waals surface area contributed by atoms with Gasteiger partial charge in [0.05, 0.1) is 5.69 Å². The summed E-state index contributed by atoms with van der Waals surface area (Å²) >= 11 is 0. The minimum absolute atomic E-state index is 0.0542. The third kappa shape index (κ3) is 7.56. The molecule has 7 nitrogen and oxygen atoms in total. The molecule has 4 aromatic rings. The second-order valence-electron chi connectivity index (χ2n) is 10.8. The molecule has 1 aliphatic rings. The van der Waals surface area contributed by atoms with E-state index in [9.17, 15) is 14.4 Å². The van der Waals surface area contributed by atoms with E-state index in [0.29, 0.717) is 50.9 Å². The zero-order valence-corrected chi connectivity index (χ0v) is 24.3. The fourth-order valence-electron chi connectivity index (χ4n) is 5.44. The number of nitrogens with zero attached hydrogens (tertiary/aromatic N) is 1. The number of hydrogen-bond acceptors (Lipinski definition) is 4. The summed E-state index contributed by atoms with van der Waals surface area (Å²) in [5.74, 6) is -0.460. The molecule has 1 atom stereocenters. The molecule has 0 aromatic heterocycles. The van der Waals surface area contributed by atoms with Gasteiger partial charge in [0.15, 0.2) is 0 Å². The van der Waals surface area contributed by atoms with Crippen molar-refractivity contribution in [3.63, 3.8) is 0 Å². The fraction of sp³-hybridized carbons (Fsp3) is 0.250. The Morgan fingerprint density at radius 3 is 2.35 bits per heavy atom. The molecule has 1 aliphatic heterocycles. The van der Waals surface area contributed by atoms with Gasteiger partial charge in [-0.05, 0) is 65.4 Å². The second kappa shape index (κ2) is 14.4. The van der Waals surface area contributed by atoms with Gasteiger partial charge in [-0.3, -0.25) is 14.4 Å². The molecule has 4 N–H and O–H groups in total. The third-order valence-corrected chi connectivity index (χ3v) is 7.73. The Balaban J connectivity index is 1.22. The monoisotopic (exact) mass is 574 g/mol. The number of carbonyl (C=O) groups excluding carboxylic acids is 3. The van der Waals surface area contributed by atoms with Crippen LogP contribution in [-0.2, 0) is 16.0 Å². The van der Waals surface area contributed by atoms with Crippen molar-refractivity contribution in [1.29, 1.82) is 0 Å². The van der Waals surface area contributed by atoms with Crippen LogP contribution in [0.15, 0.2) is 91.0 Å². The first kappa shape index (κ1) is 29.7. The van der Waals surface area contributed by atoms with E-state index in [1.54, 1.807) is 0 Å². The van der Waals surface area contributed by atoms with Crippen molar-refractivity contribution < 1.29 is 14.4 Å².